The number of halogens is 1. The van der Waals surface area contributed by atoms with E-state index < -0.39 is 0 Å². The molecule has 0 aliphatic heterocycles. The lowest BCUT2D eigenvalue weighted by molar-refractivity contribution is -0.693. The number of fused-ring (bicyclic) bond motifs is 1. The molecule has 0 bridgehead atoms. The summed E-state index contributed by atoms with van der Waals surface area (Å²) in [6, 6.07) is 17.4. The van der Waals surface area contributed by atoms with Gasteiger partial charge in [0, 0.05) is 15.2 Å². The monoisotopic (exact) mass is 398 g/mol. The average Bonchev–Trinajstić information content (AvgIpc) is 2.79. The van der Waals surface area contributed by atoms with E-state index in [4.69, 9.17) is 0 Å². The van der Waals surface area contributed by atoms with Crippen molar-refractivity contribution in [3.05, 3.63) is 57.7 Å². The molecule has 0 unspecified atom stereocenters. The van der Waals surface area contributed by atoms with E-state index in [9.17, 15) is 0 Å². The smallest absolute Gasteiger partial charge is 0.172 e. The number of aromatic nitrogens is 1. The highest BCUT2D eigenvalue weighted by Crippen LogP contribution is 2.26. The van der Waals surface area contributed by atoms with Crippen LogP contribution in [-0.4, -0.2) is 6.26 Å². The van der Waals surface area contributed by atoms with Crippen LogP contribution in [0.2, 0.25) is 0 Å². The number of rotatable bonds is 3. The second kappa shape index (κ2) is 5.81. The molecule has 0 aliphatic carbocycles. The summed E-state index contributed by atoms with van der Waals surface area (Å²) in [5.41, 5.74) is 2.68. The Morgan fingerprint density at radius 3 is 2.58 bits per heavy atom. The SMILES string of the molecule is CSc1sc2ccccc2[n+]1Cc1ccc(I)cc1. The lowest BCUT2D eigenvalue weighted by Gasteiger charge is -1.99. The molecule has 4 heteroatoms. The van der Waals surface area contributed by atoms with Crippen LogP contribution in [0, 0.1) is 3.57 Å². The lowest BCUT2D eigenvalue weighted by atomic mass is 10.2. The van der Waals surface area contributed by atoms with E-state index in [2.05, 4.69) is 81.9 Å². The van der Waals surface area contributed by atoms with Crippen molar-refractivity contribution in [1.82, 2.24) is 0 Å². The van der Waals surface area contributed by atoms with Crippen molar-refractivity contribution in [1.29, 1.82) is 0 Å². The maximum atomic E-state index is 2.41. The first-order chi connectivity index (χ1) is 9.28. The minimum absolute atomic E-state index is 0.942. The molecule has 0 spiro atoms. The molecule has 1 nitrogen and oxygen atoms in total. The fraction of sp³-hybridized carbons (Fsp3) is 0.133. The first-order valence-electron chi connectivity index (χ1n) is 5.98. The van der Waals surface area contributed by atoms with Crippen LogP contribution in [0.1, 0.15) is 5.56 Å². The van der Waals surface area contributed by atoms with Gasteiger partial charge in [0.1, 0.15) is 4.70 Å². The van der Waals surface area contributed by atoms with Gasteiger partial charge in [0.05, 0.1) is 0 Å². The number of thiazole rings is 1. The molecule has 0 saturated heterocycles. The Balaban J connectivity index is 2.06. The number of hydrogen-bond donors (Lipinski definition) is 0. The van der Waals surface area contributed by atoms with Crippen molar-refractivity contribution in [2.75, 3.05) is 6.26 Å². The third kappa shape index (κ3) is 2.80. The molecule has 0 atom stereocenters. The Kier molecular flexibility index (Phi) is 4.10. The van der Waals surface area contributed by atoms with Crippen LogP contribution < -0.4 is 4.57 Å². The van der Waals surface area contributed by atoms with Gasteiger partial charge in [-0.2, -0.15) is 4.57 Å². The highest BCUT2D eigenvalue weighted by atomic mass is 127. The third-order valence-corrected chi connectivity index (χ3v) is 6.00. The maximum absolute atomic E-state index is 2.41. The summed E-state index contributed by atoms with van der Waals surface area (Å²) in [4.78, 5) is 0. The average molecular weight is 398 g/mol. The van der Waals surface area contributed by atoms with Crippen LogP contribution in [0.15, 0.2) is 52.9 Å². The Labute approximate surface area is 134 Å². The van der Waals surface area contributed by atoms with E-state index >= 15 is 0 Å². The predicted molar refractivity (Wildman–Crippen MR) is 92.1 cm³/mol. The van der Waals surface area contributed by atoms with Crippen molar-refractivity contribution in [2.45, 2.75) is 10.9 Å². The predicted octanol–water partition coefficient (Wildman–Crippen LogP) is 4.56. The van der Waals surface area contributed by atoms with E-state index in [1.165, 1.54) is 23.7 Å². The zero-order valence-corrected chi connectivity index (χ0v) is 14.3. The number of thioether (sulfide) groups is 1. The highest BCUT2D eigenvalue weighted by Gasteiger charge is 2.19. The van der Waals surface area contributed by atoms with E-state index in [0.717, 1.165) is 6.54 Å². The fourth-order valence-electron chi connectivity index (χ4n) is 2.09. The van der Waals surface area contributed by atoms with E-state index in [0.29, 0.717) is 0 Å². The molecule has 0 saturated carbocycles. The van der Waals surface area contributed by atoms with Gasteiger partial charge in [-0.05, 0) is 58.8 Å². The van der Waals surface area contributed by atoms with Gasteiger partial charge in [-0.15, -0.1) is 0 Å². The molecule has 0 fully saturated rings. The Morgan fingerprint density at radius 2 is 1.84 bits per heavy atom. The van der Waals surface area contributed by atoms with E-state index in [1.54, 1.807) is 0 Å². The molecular weight excluding hydrogens is 385 g/mol. The van der Waals surface area contributed by atoms with Crippen LogP contribution in [0.3, 0.4) is 0 Å². The third-order valence-electron chi connectivity index (χ3n) is 3.00. The van der Waals surface area contributed by atoms with Gasteiger partial charge in [-0.1, -0.05) is 35.6 Å². The van der Waals surface area contributed by atoms with Gasteiger partial charge in [-0.25, -0.2) is 0 Å². The molecule has 96 valence electrons. The summed E-state index contributed by atoms with van der Waals surface area (Å²) in [6.45, 7) is 0.942. The van der Waals surface area contributed by atoms with Crippen molar-refractivity contribution in [2.24, 2.45) is 0 Å². The minimum atomic E-state index is 0.942. The topological polar surface area (TPSA) is 3.88 Å². The van der Waals surface area contributed by atoms with Gasteiger partial charge in [0.2, 0.25) is 5.52 Å². The van der Waals surface area contributed by atoms with Gasteiger partial charge in [0.15, 0.2) is 6.54 Å². The highest BCUT2D eigenvalue weighted by molar-refractivity contribution is 14.1. The van der Waals surface area contributed by atoms with Gasteiger partial charge in [0.25, 0.3) is 4.34 Å². The molecule has 3 aromatic rings. The van der Waals surface area contributed by atoms with Crippen LogP contribution in [0.25, 0.3) is 10.2 Å². The fourth-order valence-corrected chi connectivity index (χ4v) is 4.32. The molecule has 0 amide bonds. The Bertz CT molecular complexity index is 704. The second-order valence-corrected chi connectivity index (χ2v) is 7.58. The number of benzene rings is 2. The van der Waals surface area contributed by atoms with E-state index in [-0.39, 0.29) is 0 Å². The lowest BCUT2D eigenvalue weighted by Crippen LogP contribution is -2.34. The summed E-state index contributed by atoms with van der Waals surface area (Å²) in [5, 5.41) is 0. The molecule has 0 radical (unpaired) electrons. The molecule has 19 heavy (non-hydrogen) atoms. The number of hydrogen-bond acceptors (Lipinski definition) is 2. The number of para-hydroxylation sites is 1. The van der Waals surface area contributed by atoms with Gasteiger partial charge in [-0.3, -0.25) is 0 Å². The van der Waals surface area contributed by atoms with Crippen molar-refractivity contribution in [3.63, 3.8) is 0 Å². The molecular formula is C15H13INS2+. The Hall–Kier alpha value is -0.590. The van der Waals surface area contributed by atoms with Crippen molar-refractivity contribution >= 4 is 55.9 Å². The van der Waals surface area contributed by atoms with E-state index in [1.807, 2.05) is 23.1 Å². The van der Waals surface area contributed by atoms with Gasteiger partial charge >= 0.3 is 0 Å². The first-order valence-corrected chi connectivity index (χ1v) is 9.10. The molecule has 3 rings (SSSR count). The molecule has 2 aromatic carbocycles. The number of nitrogens with zero attached hydrogens (tertiary/aromatic N) is 1. The van der Waals surface area contributed by atoms with Crippen molar-refractivity contribution < 1.29 is 4.57 Å². The summed E-state index contributed by atoms with van der Waals surface area (Å²) in [6.07, 6.45) is 2.15. The zero-order valence-electron chi connectivity index (χ0n) is 10.5. The van der Waals surface area contributed by atoms with Gasteiger partial charge < -0.3 is 0 Å². The zero-order chi connectivity index (χ0) is 13.2. The first kappa shape index (κ1) is 13.4. The largest absolute Gasteiger partial charge is 0.298 e. The van der Waals surface area contributed by atoms with Crippen LogP contribution >= 0.6 is 45.7 Å². The standard InChI is InChI=1S/C15H13INS2/c1-18-15-17(10-11-6-8-12(16)9-7-11)13-4-2-3-5-14(13)19-15/h2-9H,10H2,1H3/q+1. The summed E-state index contributed by atoms with van der Waals surface area (Å²) in [5.74, 6) is 0. The molecule has 0 N–H and O–H groups in total. The minimum Gasteiger partial charge on any atom is -0.172 e. The quantitative estimate of drug-likeness (QED) is 0.355. The van der Waals surface area contributed by atoms with Crippen LogP contribution in [0.4, 0.5) is 0 Å². The molecule has 0 aliphatic rings. The summed E-state index contributed by atoms with van der Waals surface area (Å²) in [7, 11) is 0. The van der Waals surface area contributed by atoms with Crippen LogP contribution in [-0.2, 0) is 6.54 Å². The molecule has 1 heterocycles. The summed E-state index contributed by atoms with van der Waals surface area (Å²) >= 11 is 6.04. The Morgan fingerprint density at radius 1 is 1.11 bits per heavy atom. The second-order valence-electron chi connectivity index (χ2n) is 4.25. The normalized spacial score (nSPS) is 11.1. The maximum Gasteiger partial charge on any atom is 0.298 e. The van der Waals surface area contributed by atoms with Crippen LogP contribution in [0.5, 0.6) is 0 Å². The molecule has 1 aromatic heterocycles. The van der Waals surface area contributed by atoms with Crippen molar-refractivity contribution in [3.8, 4) is 0 Å². The summed E-state index contributed by atoms with van der Waals surface area (Å²) < 4.78 is 6.41.